The largest absolute Gasteiger partial charge is 0.468 e. The van der Waals surface area contributed by atoms with E-state index < -0.39 is 0 Å². The van der Waals surface area contributed by atoms with Gasteiger partial charge in [0, 0.05) is 19.8 Å². The third-order valence-electron chi connectivity index (χ3n) is 3.90. The maximum Gasteiger partial charge on any atom is 0.298 e. The molecular weight excluding hydrogens is 284 g/mol. The zero-order valence-electron chi connectivity index (χ0n) is 13.1. The second-order valence-corrected chi connectivity index (χ2v) is 5.52. The lowest BCUT2D eigenvalue weighted by Crippen LogP contribution is -2.36. The Morgan fingerprint density at radius 2 is 2.18 bits per heavy atom. The van der Waals surface area contributed by atoms with Gasteiger partial charge in [-0.1, -0.05) is 0 Å². The van der Waals surface area contributed by atoms with Crippen LogP contribution in [0.4, 0.5) is 0 Å². The van der Waals surface area contributed by atoms with Crippen LogP contribution >= 0.6 is 0 Å². The van der Waals surface area contributed by atoms with E-state index in [2.05, 4.69) is 10.3 Å². The van der Waals surface area contributed by atoms with Crippen LogP contribution in [0.5, 0.6) is 0 Å². The van der Waals surface area contributed by atoms with E-state index in [1.165, 1.54) is 7.11 Å². The quantitative estimate of drug-likeness (QED) is 0.503. The minimum Gasteiger partial charge on any atom is -0.468 e. The fraction of sp³-hybridized carbons (Fsp3) is 0.714. The molecule has 22 heavy (non-hydrogen) atoms. The highest BCUT2D eigenvalue weighted by Crippen LogP contribution is 2.16. The van der Waals surface area contributed by atoms with E-state index in [9.17, 15) is 0 Å². The minimum absolute atomic E-state index is 0.0414. The molecule has 0 aromatic rings. The molecule has 8 nitrogen and oxygen atoms in total. The summed E-state index contributed by atoms with van der Waals surface area (Å²) in [5, 5.41) is 11.5. The molecule has 6 N–H and O–H groups in total. The Morgan fingerprint density at radius 3 is 2.82 bits per heavy atom. The number of amidine groups is 2. The van der Waals surface area contributed by atoms with Gasteiger partial charge in [-0.05, 0) is 38.3 Å². The molecule has 0 aromatic heterocycles. The summed E-state index contributed by atoms with van der Waals surface area (Å²) >= 11 is 0. The normalized spacial score (nSPS) is 19.5. The van der Waals surface area contributed by atoms with E-state index >= 15 is 0 Å². The van der Waals surface area contributed by atoms with Crippen molar-refractivity contribution in [1.82, 2.24) is 10.2 Å². The number of ether oxygens (including phenoxy) is 2. The molecule has 0 unspecified atom stereocenters. The van der Waals surface area contributed by atoms with Crippen LogP contribution < -0.4 is 16.8 Å². The highest BCUT2D eigenvalue weighted by molar-refractivity contribution is 6.11. The molecule has 2 aliphatic rings. The van der Waals surface area contributed by atoms with E-state index in [1.54, 1.807) is 4.90 Å². The molecule has 0 radical (unpaired) electrons. The van der Waals surface area contributed by atoms with Crippen molar-refractivity contribution in [2.45, 2.75) is 19.3 Å². The Morgan fingerprint density at radius 1 is 1.45 bits per heavy atom. The summed E-state index contributed by atoms with van der Waals surface area (Å²) < 4.78 is 10.5. The fourth-order valence-electron chi connectivity index (χ4n) is 2.62. The van der Waals surface area contributed by atoms with Crippen LogP contribution in [0.3, 0.4) is 0 Å². The lowest BCUT2D eigenvalue weighted by Gasteiger charge is -2.23. The number of hydrogen-bond donors (Lipinski definition) is 4. The average Bonchev–Trinajstić information content (AvgIpc) is 2.84. The van der Waals surface area contributed by atoms with Gasteiger partial charge in [0.2, 0.25) is 0 Å². The molecule has 2 aliphatic heterocycles. The molecule has 124 valence electrons. The Hall–Kier alpha value is -1.80. The summed E-state index contributed by atoms with van der Waals surface area (Å²) in [6, 6.07) is 0.373. The van der Waals surface area contributed by atoms with Gasteiger partial charge in [-0.25, -0.2) is 0 Å². The number of methoxy groups -OCH3 is 1. The number of aliphatic imine (C=N–C) groups is 1. The zero-order valence-corrected chi connectivity index (χ0v) is 13.1. The van der Waals surface area contributed by atoms with E-state index in [0.717, 1.165) is 45.6 Å². The average molecular weight is 310 g/mol. The first-order chi connectivity index (χ1) is 10.6. The maximum atomic E-state index is 8.05. The lowest BCUT2D eigenvalue weighted by molar-refractivity contribution is 0.0663. The highest BCUT2D eigenvalue weighted by Gasteiger charge is 2.29. The van der Waals surface area contributed by atoms with Crippen LogP contribution in [-0.2, 0) is 9.47 Å². The topological polar surface area (TPSA) is 122 Å². The zero-order chi connectivity index (χ0) is 15.9. The number of hydrogen-bond acceptors (Lipinski definition) is 7. The highest BCUT2D eigenvalue weighted by atomic mass is 16.5. The van der Waals surface area contributed by atoms with Gasteiger partial charge in [0.1, 0.15) is 5.82 Å². The third-order valence-corrected chi connectivity index (χ3v) is 3.90. The van der Waals surface area contributed by atoms with Gasteiger partial charge >= 0.3 is 0 Å². The SMILES string of the molecule is COC1=NC(=C(N)N)C(=N)N1CCCNCC1CCOCC1. The summed E-state index contributed by atoms with van der Waals surface area (Å²) in [5.41, 5.74) is 11.3. The van der Waals surface area contributed by atoms with Crippen LogP contribution in [-0.4, -0.2) is 56.7 Å². The summed E-state index contributed by atoms with van der Waals surface area (Å²) in [4.78, 5) is 5.82. The standard InChI is InChI=1S/C14H26N6O2/c1-21-14-19-11(12(15)16)13(17)20(14)6-2-5-18-9-10-3-7-22-8-4-10/h10,17-18H,2-9,15-16H2,1H3. The van der Waals surface area contributed by atoms with Crippen molar-refractivity contribution in [2.24, 2.45) is 22.4 Å². The van der Waals surface area contributed by atoms with Crippen LogP contribution in [0.15, 0.2) is 16.5 Å². The van der Waals surface area contributed by atoms with E-state index in [1.807, 2.05) is 0 Å². The first-order valence-electron chi connectivity index (χ1n) is 7.66. The van der Waals surface area contributed by atoms with Crippen molar-refractivity contribution < 1.29 is 9.47 Å². The number of nitrogens with zero attached hydrogens (tertiary/aromatic N) is 2. The molecule has 2 heterocycles. The fourth-order valence-corrected chi connectivity index (χ4v) is 2.62. The predicted molar refractivity (Wildman–Crippen MR) is 85.3 cm³/mol. The van der Waals surface area contributed by atoms with Gasteiger partial charge in [-0.15, -0.1) is 0 Å². The molecule has 1 fully saturated rings. The van der Waals surface area contributed by atoms with Crippen molar-refractivity contribution in [3.05, 3.63) is 11.5 Å². The predicted octanol–water partition coefficient (Wildman–Crippen LogP) is -0.226. The number of nitrogens with one attached hydrogen (secondary N) is 2. The van der Waals surface area contributed by atoms with Crippen molar-refractivity contribution in [3.63, 3.8) is 0 Å². The maximum absolute atomic E-state index is 8.05. The van der Waals surface area contributed by atoms with Gasteiger partial charge in [0.15, 0.2) is 11.5 Å². The van der Waals surface area contributed by atoms with Crippen molar-refractivity contribution >= 4 is 11.9 Å². The van der Waals surface area contributed by atoms with Crippen LogP contribution in [0, 0.1) is 11.3 Å². The van der Waals surface area contributed by atoms with Crippen LogP contribution in [0.1, 0.15) is 19.3 Å². The van der Waals surface area contributed by atoms with Gasteiger partial charge in [0.25, 0.3) is 6.02 Å². The van der Waals surface area contributed by atoms with E-state index in [0.29, 0.717) is 18.5 Å². The summed E-state index contributed by atoms with van der Waals surface area (Å²) in [7, 11) is 1.53. The molecule has 2 rings (SSSR count). The Balaban J connectivity index is 1.71. The number of rotatable bonds is 6. The van der Waals surface area contributed by atoms with Gasteiger partial charge in [-0.2, -0.15) is 4.99 Å². The second-order valence-electron chi connectivity index (χ2n) is 5.52. The summed E-state index contributed by atoms with van der Waals surface area (Å²) in [6.45, 7) is 4.30. The van der Waals surface area contributed by atoms with Crippen LogP contribution in [0.2, 0.25) is 0 Å². The van der Waals surface area contributed by atoms with Gasteiger partial charge in [-0.3, -0.25) is 10.3 Å². The van der Waals surface area contributed by atoms with E-state index in [-0.39, 0.29) is 17.4 Å². The minimum atomic E-state index is 0.0414. The molecule has 0 bridgehead atoms. The van der Waals surface area contributed by atoms with Gasteiger partial charge < -0.3 is 26.3 Å². The molecule has 0 aromatic carbocycles. The van der Waals surface area contributed by atoms with Crippen molar-refractivity contribution in [2.75, 3.05) is 40.0 Å². The monoisotopic (exact) mass is 310 g/mol. The van der Waals surface area contributed by atoms with E-state index in [4.69, 9.17) is 26.4 Å². The van der Waals surface area contributed by atoms with Gasteiger partial charge in [0.05, 0.1) is 7.11 Å². The lowest BCUT2D eigenvalue weighted by atomic mass is 10.0. The molecule has 0 spiro atoms. The Labute approximate surface area is 131 Å². The molecule has 8 heteroatoms. The molecule has 1 saturated heterocycles. The molecule has 0 saturated carbocycles. The van der Waals surface area contributed by atoms with Crippen LogP contribution in [0.25, 0.3) is 0 Å². The first-order valence-corrected chi connectivity index (χ1v) is 7.66. The first kappa shape index (κ1) is 16.6. The van der Waals surface area contributed by atoms with Crippen molar-refractivity contribution in [3.8, 4) is 0 Å². The molecular formula is C14H26N6O2. The van der Waals surface area contributed by atoms with Crippen molar-refractivity contribution in [1.29, 1.82) is 5.41 Å². The molecule has 0 atom stereocenters. The summed E-state index contributed by atoms with van der Waals surface area (Å²) in [6.07, 6.45) is 3.15. The number of nitrogens with two attached hydrogens (primary N) is 2. The third kappa shape index (κ3) is 4.11. The molecule has 0 amide bonds. The molecule has 0 aliphatic carbocycles. The summed E-state index contributed by atoms with van der Waals surface area (Å²) in [5.74, 6) is 0.947. The Kier molecular flexibility index (Phi) is 6.02. The smallest absolute Gasteiger partial charge is 0.298 e. The second kappa shape index (κ2) is 8.00. The Bertz CT molecular complexity index is 452.